The van der Waals surface area contributed by atoms with Gasteiger partial charge in [0.25, 0.3) is 5.91 Å². The molecule has 1 aromatic carbocycles. The van der Waals surface area contributed by atoms with Crippen LogP contribution in [0.2, 0.25) is 0 Å². The van der Waals surface area contributed by atoms with Crippen LogP contribution in [0.25, 0.3) is 11.3 Å². The number of aromatic nitrogens is 2. The van der Waals surface area contributed by atoms with Crippen molar-refractivity contribution in [1.29, 1.82) is 0 Å². The first-order chi connectivity index (χ1) is 10.2. The van der Waals surface area contributed by atoms with Crippen molar-refractivity contribution in [2.24, 2.45) is 0 Å². The molecule has 0 saturated carbocycles. The fraction of sp³-hybridized carbons (Fsp3) is 0.333. The molecule has 2 heterocycles. The summed E-state index contributed by atoms with van der Waals surface area (Å²) in [6, 6.07) is 6.53. The van der Waals surface area contributed by atoms with Gasteiger partial charge in [-0.15, -0.1) is 0 Å². The summed E-state index contributed by atoms with van der Waals surface area (Å²) >= 11 is 0. The maximum Gasteiger partial charge on any atom is 0.257 e. The Balaban J connectivity index is 1.92. The van der Waals surface area contributed by atoms with Gasteiger partial charge < -0.3 is 10.2 Å². The van der Waals surface area contributed by atoms with E-state index < -0.39 is 0 Å². The summed E-state index contributed by atoms with van der Waals surface area (Å²) < 4.78 is 13.9. The van der Waals surface area contributed by atoms with Crippen molar-refractivity contribution < 1.29 is 9.18 Å². The van der Waals surface area contributed by atoms with Gasteiger partial charge in [0.2, 0.25) is 0 Å². The Morgan fingerprint density at radius 3 is 2.95 bits per heavy atom. The van der Waals surface area contributed by atoms with Gasteiger partial charge in [-0.25, -0.2) is 4.39 Å². The number of carbonyl (C=O) groups is 1. The number of likely N-dealkylation sites (N-methyl/N-ethyl adjacent to an activating group) is 1. The van der Waals surface area contributed by atoms with E-state index in [1.165, 1.54) is 12.3 Å². The van der Waals surface area contributed by atoms with Gasteiger partial charge in [-0.3, -0.25) is 9.89 Å². The molecule has 3 rings (SSSR count). The van der Waals surface area contributed by atoms with Gasteiger partial charge >= 0.3 is 0 Å². The molecule has 1 aromatic heterocycles. The molecule has 2 aromatic rings. The lowest BCUT2D eigenvalue weighted by molar-refractivity contribution is 0.0744. The van der Waals surface area contributed by atoms with Crippen LogP contribution in [0.3, 0.4) is 0 Å². The highest BCUT2D eigenvalue weighted by Gasteiger charge is 2.27. The molecule has 1 amide bonds. The zero-order chi connectivity index (χ0) is 14.8. The fourth-order valence-electron chi connectivity index (χ4n) is 2.64. The molecular weight excluding hydrogens is 271 g/mol. The van der Waals surface area contributed by atoms with E-state index in [0.29, 0.717) is 16.8 Å². The standard InChI is InChI=1S/C15H17FN4O/c1-20(10-6-7-17-8-10)15(21)12-9-18-19-14(12)11-4-2-3-5-13(11)16/h2-5,9-10,17H,6-8H2,1H3,(H,18,19)/t10-/m0/s1. The third-order valence-electron chi connectivity index (χ3n) is 3.92. The highest BCUT2D eigenvalue weighted by Crippen LogP contribution is 2.25. The van der Waals surface area contributed by atoms with E-state index in [2.05, 4.69) is 15.5 Å². The van der Waals surface area contributed by atoms with Crippen LogP contribution in [-0.4, -0.2) is 47.2 Å². The monoisotopic (exact) mass is 288 g/mol. The first-order valence-corrected chi connectivity index (χ1v) is 6.94. The molecular formula is C15H17FN4O. The molecule has 1 aliphatic rings. The van der Waals surface area contributed by atoms with Crippen LogP contribution in [0.5, 0.6) is 0 Å². The van der Waals surface area contributed by atoms with Gasteiger partial charge in [0, 0.05) is 25.2 Å². The van der Waals surface area contributed by atoms with Crippen molar-refractivity contribution in [2.75, 3.05) is 20.1 Å². The number of carbonyl (C=O) groups excluding carboxylic acids is 1. The summed E-state index contributed by atoms with van der Waals surface area (Å²) in [7, 11) is 1.78. The predicted molar refractivity (Wildman–Crippen MR) is 77.3 cm³/mol. The van der Waals surface area contributed by atoms with Crippen LogP contribution in [0.1, 0.15) is 16.8 Å². The summed E-state index contributed by atoms with van der Waals surface area (Å²) in [4.78, 5) is 14.3. The maximum absolute atomic E-state index is 13.9. The third kappa shape index (κ3) is 2.54. The second kappa shape index (κ2) is 5.65. The minimum Gasteiger partial charge on any atom is -0.337 e. The normalized spacial score (nSPS) is 17.9. The number of amides is 1. The number of rotatable bonds is 3. The Kier molecular flexibility index (Phi) is 3.70. The van der Waals surface area contributed by atoms with Crippen LogP contribution >= 0.6 is 0 Å². The summed E-state index contributed by atoms with van der Waals surface area (Å²) in [5.74, 6) is -0.517. The van der Waals surface area contributed by atoms with Crippen molar-refractivity contribution in [1.82, 2.24) is 20.4 Å². The summed E-state index contributed by atoms with van der Waals surface area (Å²) in [6.07, 6.45) is 2.39. The van der Waals surface area contributed by atoms with Crippen LogP contribution in [0.15, 0.2) is 30.5 Å². The van der Waals surface area contributed by atoms with Gasteiger partial charge in [0.1, 0.15) is 5.82 Å². The smallest absolute Gasteiger partial charge is 0.257 e. The van der Waals surface area contributed by atoms with E-state index in [4.69, 9.17) is 0 Å². The molecule has 0 aliphatic carbocycles. The molecule has 0 bridgehead atoms. The van der Waals surface area contributed by atoms with Gasteiger partial charge in [-0.2, -0.15) is 5.10 Å². The minimum absolute atomic E-state index is 0.143. The summed E-state index contributed by atoms with van der Waals surface area (Å²) in [5.41, 5.74) is 1.18. The lowest BCUT2D eigenvalue weighted by Crippen LogP contribution is -2.38. The predicted octanol–water partition coefficient (Wildman–Crippen LogP) is 1.65. The number of benzene rings is 1. The maximum atomic E-state index is 13.9. The molecule has 2 N–H and O–H groups in total. The number of hydrogen-bond donors (Lipinski definition) is 2. The molecule has 5 nitrogen and oxygen atoms in total. The largest absolute Gasteiger partial charge is 0.337 e. The second-order valence-corrected chi connectivity index (χ2v) is 5.20. The average molecular weight is 288 g/mol. The lowest BCUT2D eigenvalue weighted by atomic mass is 10.1. The Morgan fingerprint density at radius 2 is 2.24 bits per heavy atom. The van der Waals surface area contributed by atoms with Crippen molar-refractivity contribution >= 4 is 5.91 Å². The van der Waals surface area contributed by atoms with Crippen LogP contribution < -0.4 is 5.32 Å². The van der Waals surface area contributed by atoms with Gasteiger partial charge in [-0.1, -0.05) is 12.1 Å². The average Bonchev–Trinajstić information content (AvgIpc) is 3.17. The van der Waals surface area contributed by atoms with E-state index in [-0.39, 0.29) is 17.8 Å². The van der Waals surface area contributed by atoms with Gasteiger partial charge in [0.15, 0.2) is 0 Å². The molecule has 1 fully saturated rings. The molecule has 1 saturated heterocycles. The van der Waals surface area contributed by atoms with Crippen LogP contribution in [0, 0.1) is 5.82 Å². The second-order valence-electron chi connectivity index (χ2n) is 5.20. The van der Waals surface area contributed by atoms with E-state index in [9.17, 15) is 9.18 Å². The van der Waals surface area contributed by atoms with Crippen LogP contribution in [-0.2, 0) is 0 Å². The minimum atomic E-state index is -0.374. The highest BCUT2D eigenvalue weighted by molar-refractivity contribution is 5.99. The molecule has 0 spiro atoms. The zero-order valence-electron chi connectivity index (χ0n) is 11.8. The van der Waals surface area contributed by atoms with Crippen molar-refractivity contribution in [2.45, 2.75) is 12.5 Å². The van der Waals surface area contributed by atoms with E-state index in [1.807, 2.05) is 0 Å². The summed E-state index contributed by atoms with van der Waals surface area (Å²) in [5, 5.41) is 9.88. The van der Waals surface area contributed by atoms with Gasteiger partial charge in [-0.05, 0) is 25.1 Å². The number of aromatic amines is 1. The first-order valence-electron chi connectivity index (χ1n) is 6.94. The van der Waals surface area contributed by atoms with E-state index >= 15 is 0 Å². The Bertz CT molecular complexity index is 649. The van der Waals surface area contributed by atoms with Crippen molar-refractivity contribution in [3.8, 4) is 11.3 Å². The highest BCUT2D eigenvalue weighted by atomic mass is 19.1. The number of hydrogen-bond acceptors (Lipinski definition) is 3. The number of H-pyrrole nitrogens is 1. The molecule has 1 aliphatic heterocycles. The van der Waals surface area contributed by atoms with E-state index in [0.717, 1.165) is 19.5 Å². The third-order valence-corrected chi connectivity index (χ3v) is 3.92. The molecule has 1 atom stereocenters. The molecule has 0 radical (unpaired) electrons. The topological polar surface area (TPSA) is 61.0 Å². The van der Waals surface area contributed by atoms with E-state index in [1.54, 1.807) is 30.1 Å². The molecule has 110 valence electrons. The Morgan fingerprint density at radius 1 is 1.43 bits per heavy atom. The fourth-order valence-corrected chi connectivity index (χ4v) is 2.64. The quantitative estimate of drug-likeness (QED) is 0.903. The lowest BCUT2D eigenvalue weighted by Gasteiger charge is -2.23. The molecule has 6 heteroatoms. The SMILES string of the molecule is CN(C(=O)c1cn[nH]c1-c1ccccc1F)[C@H]1CCNC1. The molecule has 21 heavy (non-hydrogen) atoms. The van der Waals surface area contributed by atoms with Crippen LogP contribution in [0.4, 0.5) is 4.39 Å². The first kappa shape index (κ1) is 13.8. The zero-order valence-corrected chi connectivity index (χ0v) is 11.8. The Hall–Kier alpha value is -2.21. The summed E-state index contributed by atoms with van der Waals surface area (Å²) in [6.45, 7) is 1.70. The molecule has 0 unspecified atom stereocenters. The number of nitrogens with zero attached hydrogens (tertiary/aromatic N) is 2. The van der Waals surface area contributed by atoms with Crippen molar-refractivity contribution in [3.63, 3.8) is 0 Å². The number of halogens is 1. The van der Waals surface area contributed by atoms with Gasteiger partial charge in [0.05, 0.1) is 17.5 Å². The van der Waals surface area contributed by atoms with Crippen molar-refractivity contribution in [3.05, 3.63) is 41.8 Å². The number of nitrogens with one attached hydrogen (secondary N) is 2. The Labute approximate surface area is 122 Å².